The molecular weight excluding hydrogens is 386 g/mol. The summed E-state index contributed by atoms with van der Waals surface area (Å²) in [6, 6.07) is 0. The van der Waals surface area contributed by atoms with Crippen LogP contribution in [0, 0.1) is 5.92 Å². The van der Waals surface area contributed by atoms with Gasteiger partial charge in [0.2, 0.25) is 5.91 Å². The van der Waals surface area contributed by atoms with Crippen molar-refractivity contribution in [1.29, 1.82) is 0 Å². The van der Waals surface area contributed by atoms with Crippen LogP contribution < -0.4 is 5.32 Å². The molecule has 0 spiro atoms. The highest BCUT2D eigenvalue weighted by molar-refractivity contribution is 7.86. The van der Waals surface area contributed by atoms with Crippen molar-refractivity contribution in [2.75, 3.05) is 73.1 Å². The van der Waals surface area contributed by atoms with E-state index in [1.807, 2.05) is 19.0 Å². The van der Waals surface area contributed by atoms with Crippen molar-refractivity contribution < 1.29 is 22.7 Å². The first-order valence-corrected chi connectivity index (χ1v) is 11.2. The Morgan fingerprint density at radius 2 is 1.79 bits per heavy atom. The highest BCUT2D eigenvalue weighted by Crippen LogP contribution is 2.22. The molecule has 1 N–H and O–H groups in total. The predicted octanol–water partition coefficient (Wildman–Crippen LogP) is -0.605. The standard InChI is InChI=1S/C17H33N5O5S/c1-4-27-17(24)20-10-12-21(13-11-20)28(25,26)22-8-5-6-15(14-22)16(23)18-7-9-19(2)3/h15H,4-14H2,1-3H3,(H,18,23)/t15-/m0/s1. The fourth-order valence-corrected chi connectivity index (χ4v) is 5.07. The number of carbonyl (C=O) groups excluding carboxylic acids is 2. The van der Waals surface area contributed by atoms with Crippen LogP contribution in [-0.4, -0.2) is 112 Å². The first-order valence-electron chi connectivity index (χ1n) is 9.85. The smallest absolute Gasteiger partial charge is 0.409 e. The lowest BCUT2D eigenvalue weighted by Crippen LogP contribution is -2.56. The summed E-state index contributed by atoms with van der Waals surface area (Å²) in [5.41, 5.74) is 0. The van der Waals surface area contributed by atoms with Gasteiger partial charge in [-0.25, -0.2) is 4.79 Å². The van der Waals surface area contributed by atoms with Crippen LogP contribution in [0.4, 0.5) is 4.79 Å². The number of amides is 2. The van der Waals surface area contributed by atoms with Gasteiger partial charge in [-0.3, -0.25) is 4.79 Å². The largest absolute Gasteiger partial charge is 0.450 e. The summed E-state index contributed by atoms with van der Waals surface area (Å²) < 4.78 is 33.8. The van der Waals surface area contributed by atoms with E-state index in [-0.39, 0.29) is 31.5 Å². The van der Waals surface area contributed by atoms with E-state index in [1.54, 1.807) is 6.92 Å². The molecule has 10 nitrogen and oxygen atoms in total. The molecule has 11 heteroatoms. The Kier molecular flexibility index (Phi) is 8.47. The Morgan fingerprint density at radius 1 is 1.11 bits per heavy atom. The van der Waals surface area contributed by atoms with E-state index in [2.05, 4.69) is 5.32 Å². The van der Waals surface area contributed by atoms with Crippen molar-refractivity contribution in [1.82, 2.24) is 23.7 Å². The van der Waals surface area contributed by atoms with Gasteiger partial charge in [-0.2, -0.15) is 17.0 Å². The lowest BCUT2D eigenvalue weighted by atomic mass is 9.99. The number of carbonyl (C=O) groups is 2. The third-order valence-corrected chi connectivity index (χ3v) is 7.03. The van der Waals surface area contributed by atoms with Crippen LogP contribution in [0.1, 0.15) is 19.8 Å². The molecule has 2 rings (SSSR count). The van der Waals surface area contributed by atoms with Gasteiger partial charge in [0.25, 0.3) is 10.2 Å². The van der Waals surface area contributed by atoms with Gasteiger partial charge < -0.3 is 19.9 Å². The van der Waals surface area contributed by atoms with Gasteiger partial charge in [-0.05, 0) is 33.9 Å². The van der Waals surface area contributed by atoms with Gasteiger partial charge in [0.05, 0.1) is 12.5 Å². The fraction of sp³-hybridized carbons (Fsp3) is 0.882. The fourth-order valence-electron chi connectivity index (χ4n) is 3.39. The molecule has 0 unspecified atom stereocenters. The second kappa shape index (κ2) is 10.4. The number of nitrogens with one attached hydrogen (secondary N) is 1. The van der Waals surface area contributed by atoms with Gasteiger partial charge in [-0.15, -0.1) is 0 Å². The number of likely N-dealkylation sites (N-methyl/N-ethyl adjacent to an activating group) is 1. The first kappa shape index (κ1) is 22.9. The second-order valence-electron chi connectivity index (χ2n) is 7.38. The Morgan fingerprint density at radius 3 is 2.39 bits per heavy atom. The molecule has 2 amide bonds. The molecule has 0 aromatic rings. The van der Waals surface area contributed by atoms with E-state index in [9.17, 15) is 18.0 Å². The molecule has 28 heavy (non-hydrogen) atoms. The van der Waals surface area contributed by atoms with E-state index in [0.717, 1.165) is 6.54 Å². The minimum Gasteiger partial charge on any atom is -0.450 e. The summed E-state index contributed by atoms with van der Waals surface area (Å²) in [7, 11) is 0.219. The first-order chi connectivity index (χ1) is 13.3. The Labute approximate surface area is 167 Å². The Balaban J connectivity index is 1.89. The maximum Gasteiger partial charge on any atom is 0.409 e. The van der Waals surface area contributed by atoms with Crippen LogP contribution in [0.15, 0.2) is 0 Å². The molecule has 0 saturated carbocycles. The monoisotopic (exact) mass is 419 g/mol. The van der Waals surface area contributed by atoms with Crippen molar-refractivity contribution in [3.8, 4) is 0 Å². The summed E-state index contributed by atoms with van der Waals surface area (Å²) in [6.07, 6.45) is 0.941. The number of rotatable bonds is 7. The normalized spacial score (nSPS) is 22.3. The maximum atomic E-state index is 13.0. The average molecular weight is 420 g/mol. The topological polar surface area (TPSA) is 102 Å². The van der Waals surface area contributed by atoms with Crippen LogP contribution in [0.25, 0.3) is 0 Å². The van der Waals surface area contributed by atoms with E-state index >= 15 is 0 Å². The molecule has 0 aromatic heterocycles. The third kappa shape index (κ3) is 6.03. The van der Waals surface area contributed by atoms with Crippen LogP contribution in [0.3, 0.4) is 0 Å². The SMILES string of the molecule is CCOC(=O)N1CCN(S(=O)(=O)N2CCC[C@H](C(=O)NCCN(C)C)C2)CC1. The minimum atomic E-state index is -3.65. The molecule has 0 aliphatic carbocycles. The quantitative estimate of drug-likeness (QED) is 0.591. The van der Waals surface area contributed by atoms with Crippen LogP contribution in [0.2, 0.25) is 0 Å². The van der Waals surface area contributed by atoms with Crippen LogP contribution >= 0.6 is 0 Å². The number of hydrogen-bond donors (Lipinski definition) is 1. The lowest BCUT2D eigenvalue weighted by molar-refractivity contribution is -0.126. The predicted molar refractivity (Wildman–Crippen MR) is 105 cm³/mol. The number of hydrogen-bond acceptors (Lipinski definition) is 6. The number of ether oxygens (including phenoxy) is 1. The summed E-state index contributed by atoms with van der Waals surface area (Å²) in [6.45, 7) is 5.02. The summed E-state index contributed by atoms with van der Waals surface area (Å²) >= 11 is 0. The van der Waals surface area contributed by atoms with Crippen molar-refractivity contribution >= 4 is 22.2 Å². The molecule has 2 aliphatic rings. The molecule has 2 aliphatic heterocycles. The summed E-state index contributed by atoms with van der Waals surface area (Å²) in [4.78, 5) is 27.7. The van der Waals surface area contributed by atoms with Gasteiger partial charge in [0.15, 0.2) is 0 Å². The highest BCUT2D eigenvalue weighted by Gasteiger charge is 2.37. The Bertz CT molecular complexity index is 634. The molecule has 0 aromatic carbocycles. The minimum absolute atomic E-state index is 0.0890. The average Bonchev–Trinajstić information content (AvgIpc) is 2.68. The number of piperidine rings is 1. The van der Waals surface area contributed by atoms with Crippen molar-refractivity contribution in [3.05, 3.63) is 0 Å². The van der Waals surface area contributed by atoms with Crippen molar-refractivity contribution in [3.63, 3.8) is 0 Å². The third-order valence-electron chi connectivity index (χ3n) is 5.03. The number of nitrogens with zero attached hydrogens (tertiary/aromatic N) is 4. The van der Waals surface area contributed by atoms with Crippen molar-refractivity contribution in [2.45, 2.75) is 19.8 Å². The molecule has 2 saturated heterocycles. The molecule has 2 heterocycles. The van der Waals surface area contributed by atoms with E-state index < -0.39 is 16.3 Å². The van der Waals surface area contributed by atoms with Gasteiger partial charge in [0, 0.05) is 52.4 Å². The van der Waals surface area contributed by atoms with Gasteiger partial charge in [0.1, 0.15) is 0 Å². The van der Waals surface area contributed by atoms with E-state index in [1.165, 1.54) is 13.5 Å². The summed E-state index contributed by atoms with van der Waals surface area (Å²) in [5.74, 6) is -0.416. The molecule has 0 bridgehead atoms. The highest BCUT2D eigenvalue weighted by atomic mass is 32.2. The summed E-state index contributed by atoms with van der Waals surface area (Å²) in [5, 5.41) is 2.89. The van der Waals surface area contributed by atoms with Gasteiger partial charge in [-0.1, -0.05) is 0 Å². The molecular formula is C17H33N5O5S. The molecule has 162 valence electrons. The lowest BCUT2D eigenvalue weighted by Gasteiger charge is -2.38. The molecule has 2 fully saturated rings. The van der Waals surface area contributed by atoms with Crippen molar-refractivity contribution in [2.24, 2.45) is 5.92 Å². The van der Waals surface area contributed by atoms with E-state index in [4.69, 9.17) is 4.74 Å². The number of piperazine rings is 1. The zero-order valence-electron chi connectivity index (χ0n) is 17.1. The Hall–Kier alpha value is -1.43. The zero-order valence-corrected chi connectivity index (χ0v) is 17.9. The zero-order chi connectivity index (χ0) is 20.7. The molecule has 0 radical (unpaired) electrons. The maximum absolute atomic E-state index is 13.0. The second-order valence-corrected chi connectivity index (χ2v) is 9.31. The molecule has 1 atom stereocenters. The van der Waals surface area contributed by atoms with Crippen LogP contribution in [-0.2, 0) is 19.7 Å². The van der Waals surface area contributed by atoms with E-state index in [0.29, 0.717) is 45.6 Å². The van der Waals surface area contributed by atoms with Crippen LogP contribution in [0.5, 0.6) is 0 Å². The van der Waals surface area contributed by atoms with Gasteiger partial charge >= 0.3 is 6.09 Å².